The number of ether oxygens (including phenoxy) is 1. The van der Waals surface area contributed by atoms with Crippen LogP contribution in [0.2, 0.25) is 5.02 Å². The Morgan fingerprint density at radius 1 is 1.09 bits per heavy atom. The molecule has 1 aromatic heterocycles. The molecule has 9 heteroatoms. The lowest BCUT2D eigenvalue weighted by atomic mass is 9.94. The summed E-state index contributed by atoms with van der Waals surface area (Å²) in [5.41, 5.74) is 3.14. The van der Waals surface area contributed by atoms with Gasteiger partial charge in [0.2, 0.25) is 5.82 Å². The Morgan fingerprint density at radius 3 is 2.51 bits per heavy atom. The van der Waals surface area contributed by atoms with Crippen molar-refractivity contribution in [2.24, 2.45) is 0 Å². The molecule has 0 saturated heterocycles. The molecule has 0 radical (unpaired) electrons. The quantitative estimate of drug-likeness (QED) is 0.358. The topological polar surface area (TPSA) is 80.5 Å². The molecule has 35 heavy (non-hydrogen) atoms. The number of hydrogen-bond donors (Lipinski definition) is 1. The lowest BCUT2D eigenvalue weighted by molar-refractivity contribution is 0.244. The van der Waals surface area contributed by atoms with E-state index in [2.05, 4.69) is 15.5 Å². The number of rotatable bonds is 5. The molecule has 1 aliphatic heterocycles. The fraction of sp³-hybridized carbons (Fsp3) is 0.115. The first-order chi connectivity index (χ1) is 17.0. The van der Waals surface area contributed by atoms with Crippen molar-refractivity contribution >= 4 is 28.9 Å². The molecule has 1 unspecified atom stereocenters. The first-order valence-corrected chi connectivity index (χ1v) is 11.1. The first-order valence-electron chi connectivity index (χ1n) is 10.8. The van der Waals surface area contributed by atoms with E-state index in [0.717, 1.165) is 5.56 Å². The van der Waals surface area contributed by atoms with Gasteiger partial charge in [-0.1, -0.05) is 47.1 Å². The van der Waals surface area contributed by atoms with Crippen LogP contribution in [-0.4, -0.2) is 23.3 Å². The van der Waals surface area contributed by atoms with Crippen molar-refractivity contribution in [1.29, 1.82) is 0 Å². The van der Waals surface area contributed by atoms with E-state index >= 15 is 0 Å². The standard InChI is InChI=1S/C26H20ClFN4O3/c1-15-22(25-30-24(31-35-25)17-10-13-21(34-2)20(28)14-17)23(16-8-11-18(27)12-9-16)29-26(33)32(15)19-6-4-3-5-7-19/h3-14,23H,1-2H3,(H,29,33). The Hall–Kier alpha value is -4.17. The van der Waals surface area contributed by atoms with Gasteiger partial charge in [-0.25, -0.2) is 9.18 Å². The minimum Gasteiger partial charge on any atom is -0.494 e. The van der Waals surface area contributed by atoms with E-state index in [4.69, 9.17) is 20.9 Å². The van der Waals surface area contributed by atoms with Gasteiger partial charge in [-0.2, -0.15) is 4.98 Å². The molecule has 0 bridgehead atoms. The number of aromatic nitrogens is 2. The largest absolute Gasteiger partial charge is 0.494 e. The third-order valence-corrected chi connectivity index (χ3v) is 6.02. The van der Waals surface area contributed by atoms with Gasteiger partial charge in [0.1, 0.15) is 0 Å². The smallest absolute Gasteiger partial charge is 0.326 e. The maximum atomic E-state index is 14.3. The van der Waals surface area contributed by atoms with Crippen molar-refractivity contribution in [2.45, 2.75) is 13.0 Å². The van der Waals surface area contributed by atoms with Crippen LogP contribution < -0.4 is 15.0 Å². The second-order valence-electron chi connectivity index (χ2n) is 7.88. The van der Waals surface area contributed by atoms with Gasteiger partial charge in [-0.3, -0.25) is 4.90 Å². The fourth-order valence-electron chi connectivity index (χ4n) is 4.07. The molecule has 176 valence electrons. The number of nitrogens with zero attached hydrogens (tertiary/aromatic N) is 3. The number of para-hydroxylation sites is 1. The second-order valence-corrected chi connectivity index (χ2v) is 8.31. The molecule has 0 fully saturated rings. The number of halogens is 2. The lowest BCUT2D eigenvalue weighted by Gasteiger charge is -2.35. The number of allylic oxidation sites excluding steroid dienone is 1. The molecule has 2 amide bonds. The Balaban J connectivity index is 1.63. The third kappa shape index (κ3) is 4.24. The maximum Gasteiger partial charge on any atom is 0.326 e. The fourth-order valence-corrected chi connectivity index (χ4v) is 4.19. The molecular weight excluding hydrogens is 471 g/mol. The highest BCUT2D eigenvalue weighted by atomic mass is 35.5. The van der Waals surface area contributed by atoms with Crippen molar-refractivity contribution in [3.05, 3.63) is 101 Å². The SMILES string of the molecule is COc1ccc(-c2noc(C3=C(C)N(c4ccccc4)C(=O)NC3c3ccc(Cl)cc3)n2)cc1F. The predicted molar refractivity (Wildman–Crippen MR) is 130 cm³/mol. The number of carbonyl (C=O) groups is 1. The van der Waals surface area contributed by atoms with Crippen LogP contribution >= 0.6 is 11.6 Å². The summed E-state index contributed by atoms with van der Waals surface area (Å²) in [7, 11) is 1.40. The van der Waals surface area contributed by atoms with Crippen LogP contribution in [0.15, 0.2) is 83.0 Å². The van der Waals surface area contributed by atoms with Gasteiger partial charge in [-0.05, 0) is 55.0 Å². The minimum absolute atomic E-state index is 0.118. The summed E-state index contributed by atoms with van der Waals surface area (Å²) >= 11 is 6.08. The molecule has 7 nitrogen and oxygen atoms in total. The van der Waals surface area contributed by atoms with Crippen molar-refractivity contribution in [3.63, 3.8) is 0 Å². The van der Waals surface area contributed by atoms with E-state index in [9.17, 15) is 9.18 Å². The third-order valence-electron chi connectivity index (χ3n) is 5.77. The van der Waals surface area contributed by atoms with E-state index in [-0.39, 0.29) is 23.5 Å². The van der Waals surface area contributed by atoms with E-state index < -0.39 is 11.9 Å². The molecule has 0 spiro atoms. The summed E-state index contributed by atoms with van der Waals surface area (Å²) in [6.07, 6.45) is 0. The van der Waals surface area contributed by atoms with Gasteiger partial charge in [0.15, 0.2) is 11.6 Å². The van der Waals surface area contributed by atoms with Crippen LogP contribution in [0.5, 0.6) is 5.75 Å². The molecule has 5 rings (SSSR count). The molecular formula is C26H20ClFN4O3. The highest BCUT2D eigenvalue weighted by Gasteiger charge is 2.36. The summed E-state index contributed by atoms with van der Waals surface area (Å²) in [5, 5.41) is 7.68. The zero-order valence-electron chi connectivity index (χ0n) is 18.8. The summed E-state index contributed by atoms with van der Waals surface area (Å²) in [4.78, 5) is 19.3. The highest BCUT2D eigenvalue weighted by molar-refractivity contribution is 6.30. The summed E-state index contributed by atoms with van der Waals surface area (Å²) in [5.74, 6) is -0.00670. The second kappa shape index (κ2) is 9.23. The van der Waals surface area contributed by atoms with Crippen molar-refractivity contribution in [3.8, 4) is 17.1 Å². The highest BCUT2D eigenvalue weighted by Crippen LogP contribution is 2.39. The Morgan fingerprint density at radius 2 is 1.83 bits per heavy atom. The molecule has 3 aromatic carbocycles. The molecule has 0 aliphatic carbocycles. The van der Waals surface area contributed by atoms with Crippen LogP contribution in [-0.2, 0) is 0 Å². The van der Waals surface area contributed by atoms with Gasteiger partial charge < -0.3 is 14.6 Å². The number of anilines is 1. The van der Waals surface area contributed by atoms with Gasteiger partial charge in [-0.15, -0.1) is 0 Å². The summed E-state index contributed by atoms with van der Waals surface area (Å²) < 4.78 is 24.9. The van der Waals surface area contributed by atoms with E-state index in [1.807, 2.05) is 49.4 Å². The average Bonchev–Trinajstić information content (AvgIpc) is 3.34. The van der Waals surface area contributed by atoms with Gasteiger partial charge in [0.25, 0.3) is 5.89 Å². The van der Waals surface area contributed by atoms with Crippen LogP contribution in [0.4, 0.5) is 14.9 Å². The number of amides is 2. The number of carbonyl (C=O) groups excluding carboxylic acids is 1. The van der Waals surface area contributed by atoms with Gasteiger partial charge in [0.05, 0.1) is 24.4 Å². The average molecular weight is 491 g/mol. The Bertz CT molecular complexity index is 1420. The van der Waals surface area contributed by atoms with Crippen molar-refractivity contribution in [2.75, 3.05) is 12.0 Å². The molecule has 0 saturated carbocycles. The monoisotopic (exact) mass is 490 g/mol. The molecule has 4 aromatic rings. The van der Waals surface area contributed by atoms with Crippen LogP contribution in [0.3, 0.4) is 0 Å². The number of benzene rings is 3. The van der Waals surface area contributed by atoms with Gasteiger partial charge >= 0.3 is 6.03 Å². The zero-order valence-corrected chi connectivity index (χ0v) is 19.6. The minimum atomic E-state index is -0.569. The normalized spacial score (nSPS) is 15.8. The number of urea groups is 1. The summed E-state index contributed by atoms with van der Waals surface area (Å²) in [6.45, 7) is 1.82. The zero-order chi connectivity index (χ0) is 24.5. The molecule has 2 heterocycles. The van der Waals surface area contributed by atoms with Crippen LogP contribution in [0.25, 0.3) is 17.0 Å². The molecule has 1 N–H and O–H groups in total. The molecule has 1 aliphatic rings. The number of hydrogen-bond acceptors (Lipinski definition) is 5. The molecule has 1 atom stereocenters. The summed E-state index contributed by atoms with van der Waals surface area (Å²) in [6, 6.07) is 20.0. The van der Waals surface area contributed by atoms with E-state index in [0.29, 0.717) is 27.5 Å². The predicted octanol–water partition coefficient (Wildman–Crippen LogP) is 6.24. The van der Waals surface area contributed by atoms with E-state index in [1.54, 1.807) is 23.1 Å². The number of methoxy groups -OCH3 is 1. The van der Waals surface area contributed by atoms with Gasteiger partial charge in [0, 0.05) is 16.3 Å². The van der Waals surface area contributed by atoms with Crippen molar-refractivity contribution < 1.29 is 18.4 Å². The Labute approximate surface area is 205 Å². The number of nitrogens with one attached hydrogen (secondary N) is 1. The van der Waals surface area contributed by atoms with E-state index in [1.165, 1.54) is 19.2 Å². The van der Waals surface area contributed by atoms with Crippen LogP contribution in [0, 0.1) is 5.82 Å². The van der Waals surface area contributed by atoms with Crippen molar-refractivity contribution in [1.82, 2.24) is 15.5 Å². The first kappa shape index (κ1) is 22.6. The maximum absolute atomic E-state index is 14.3. The lowest BCUT2D eigenvalue weighted by Crippen LogP contribution is -2.46. The van der Waals surface area contributed by atoms with Crippen LogP contribution in [0.1, 0.15) is 24.4 Å². The Kier molecular flexibility index (Phi) is 5.96.